The highest BCUT2D eigenvalue weighted by molar-refractivity contribution is 7.89. The van der Waals surface area contributed by atoms with Crippen LogP contribution >= 0.6 is 0 Å². The van der Waals surface area contributed by atoms with Crippen molar-refractivity contribution in [1.29, 1.82) is 0 Å². The molecular weight excluding hydrogens is 414 g/mol. The Morgan fingerprint density at radius 2 is 1.65 bits per heavy atom. The molecule has 0 saturated carbocycles. The second-order valence-electron chi connectivity index (χ2n) is 6.82. The zero-order valence-electron chi connectivity index (χ0n) is 16.6. The Morgan fingerprint density at radius 1 is 0.871 bits per heavy atom. The minimum Gasteiger partial charge on any atom is -0.372 e. The van der Waals surface area contributed by atoms with Crippen LogP contribution in [0.1, 0.15) is 16.7 Å². The van der Waals surface area contributed by atoms with Gasteiger partial charge in [-0.25, -0.2) is 17.8 Å². The molecule has 0 aliphatic heterocycles. The summed E-state index contributed by atoms with van der Waals surface area (Å²) in [5, 5.41) is 10.9. The summed E-state index contributed by atoms with van der Waals surface area (Å²) in [6.07, 6.45) is 1.41. The molecule has 0 spiro atoms. The van der Waals surface area contributed by atoms with Crippen LogP contribution in [-0.4, -0.2) is 28.6 Å². The van der Waals surface area contributed by atoms with E-state index in [9.17, 15) is 8.42 Å². The summed E-state index contributed by atoms with van der Waals surface area (Å²) in [7, 11) is -3.73. The lowest BCUT2D eigenvalue weighted by molar-refractivity contribution is 0.106. The van der Waals surface area contributed by atoms with Crippen LogP contribution < -0.4 is 4.72 Å². The molecule has 0 bridgehead atoms. The molecule has 0 saturated heterocycles. The molecule has 3 aromatic carbocycles. The van der Waals surface area contributed by atoms with E-state index in [0.717, 1.165) is 16.7 Å². The number of ether oxygens (including phenoxy) is 1. The van der Waals surface area contributed by atoms with Gasteiger partial charge in [0.1, 0.15) is 6.33 Å². The third-order valence-corrected chi connectivity index (χ3v) is 6.08. The average molecular weight is 436 g/mol. The molecule has 0 aliphatic carbocycles. The fraction of sp³-hybridized carbons (Fsp3) is 0.136. The van der Waals surface area contributed by atoms with Gasteiger partial charge in [-0.2, -0.15) is 0 Å². The zero-order valence-corrected chi connectivity index (χ0v) is 17.4. The SMILES string of the molecule is O=S(=O)(NCc1ccccc1COCc1ccccc1)c1cccc(-n2cnnn2)c1. The van der Waals surface area contributed by atoms with Crippen molar-refractivity contribution < 1.29 is 13.2 Å². The summed E-state index contributed by atoms with van der Waals surface area (Å²) >= 11 is 0. The van der Waals surface area contributed by atoms with E-state index in [1.165, 1.54) is 23.1 Å². The minimum absolute atomic E-state index is 0.137. The van der Waals surface area contributed by atoms with Crippen molar-refractivity contribution in [2.45, 2.75) is 24.7 Å². The van der Waals surface area contributed by atoms with Crippen molar-refractivity contribution in [2.75, 3.05) is 0 Å². The first-order chi connectivity index (χ1) is 15.1. The molecule has 1 aromatic heterocycles. The number of tetrazole rings is 1. The van der Waals surface area contributed by atoms with Gasteiger partial charge in [-0.3, -0.25) is 0 Å². The van der Waals surface area contributed by atoms with Crippen molar-refractivity contribution in [1.82, 2.24) is 24.9 Å². The van der Waals surface area contributed by atoms with Crippen LogP contribution in [0.4, 0.5) is 0 Å². The summed E-state index contributed by atoms with van der Waals surface area (Å²) in [4.78, 5) is 0.137. The molecule has 9 heteroatoms. The van der Waals surface area contributed by atoms with Crippen molar-refractivity contribution in [3.8, 4) is 5.69 Å². The highest BCUT2D eigenvalue weighted by Gasteiger charge is 2.16. The molecule has 1 N–H and O–H groups in total. The molecule has 4 rings (SSSR count). The monoisotopic (exact) mass is 435 g/mol. The molecule has 0 radical (unpaired) electrons. The van der Waals surface area contributed by atoms with Crippen LogP contribution in [0.2, 0.25) is 0 Å². The maximum absolute atomic E-state index is 12.8. The van der Waals surface area contributed by atoms with Gasteiger partial charge >= 0.3 is 0 Å². The first kappa shape index (κ1) is 20.9. The predicted octanol–water partition coefficient (Wildman–Crippen LogP) is 2.86. The summed E-state index contributed by atoms with van der Waals surface area (Å²) in [5.41, 5.74) is 3.44. The molecule has 0 fully saturated rings. The highest BCUT2D eigenvalue weighted by Crippen LogP contribution is 2.16. The van der Waals surface area contributed by atoms with E-state index in [0.29, 0.717) is 18.9 Å². The van der Waals surface area contributed by atoms with Gasteiger partial charge in [0.25, 0.3) is 0 Å². The van der Waals surface area contributed by atoms with E-state index in [1.54, 1.807) is 12.1 Å². The Balaban J connectivity index is 1.42. The zero-order chi connectivity index (χ0) is 21.5. The Hall–Kier alpha value is -3.40. The van der Waals surface area contributed by atoms with Crippen LogP contribution in [0.25, 0.3) is 5.69 Å². The number of nitrogens with one attached hydrogen (secondary N) is 1. The van der Waals surface area contributed by atoms with Crippen molar-refractivity contribution in [2.24, 2.45) is 0 Å². The van der Waals surface area contributed by atoms with Gasteiger partial charge in [0.05, 0.1) is 23.8 Å². The van der Waals surface area contributed by atoms with Crippen molar-refractivity contribution in [3.05, 3.63) is 102 Å². The third kappa shape index (κ3) is 5.40. The van der Waals surface area contributed by atoms with Crippen LogP contribution in [0.3, 0.4) is 0 Å². The van der Waals surface area contributed by atoms with Gasteiger partial charge in [-0.15, -0.1) is 5.10 Å². The third-order valence-electron chi connectivity index (χ3n) is 4.68. The molecule has 0 atom stereocenters. The second kappa shape index (κ2) is 9.61. The fourth-order valence-corrected chi connectivity index (χ4v) is 4.10. The first-order valence-corrected chi connectivity index (χ1v) is 11.1. The van der Waals surface area contributed by atoms with E-state index in [1.807, 2.05) is 54.6 Å². The lowest BCUT2D eigenvalue weighted by Gasteiger charge is -2.12. The number of rotatable bonds is 9. The molecule has 1 heterocycles. The summed E-state index contributed by atoms with van der Waals surface area (Å²) in [6.45, 7) is 1.04. The molecule has 0 unspecified atom stereocenters. The number of aromatic nitrogens is 4. The Bertz CT molecular complexity index is 1230. The number of nitrogens with zero attached hydrogens (tertiary/aromatic N) is 4. The van der Waals surface area contributed by atoms with Crippen LogP contribution in [0.15, 0.2) is 90.1 Å². The Morgan fingerprint density at radius 3 is 2.42 bits per heavy atom. The standard InChI is InChI=1S/C22H21N5O3S/c28-31(29,22-12-6-11-21(13-22)27-17-23-25-26-27)24-14-19-9-4-5-10-20(19)16-30-15-18-7-2-1-3-8-18/h1-13,17,24H,14-16H2. The minimum atomic E-state index is -3.73. The van der Waals surface area contributed by atoms with Crippen LogP contribution in [0, 0.1) is 0 Å². The van der Waals surface area contributed by atoms with Gasteiger partial charge in [-0.1, -0.05) is 60.7 Å². The lowest BCUT2D eigenvalue weighted by atomic mass is 10.1. The summed E-state index contributed by atoms with van der Waals surface area (Å²) in [5.74, 6) is 0. The number of benzene rings is 3. The smallest absolute Gasteiger partial charge is 0.240 e. The molecule has 158 valence electrons. The lowest BCUT2D eigenvalue weighted by Crippen LogP contribution is -2.24. The predicted molar refractivity (Wildman–Crippen MR) is 115 cm³/mol. The highest BCUT2D eigenvalue weighted by atomic mass is 32.2. The van der Waals surface area contributed by atoms with E-state index >= 15 is 0 Å². The van der Waals surface area contributed by atoms with Crippen molar-refractivity contribution in [3.63, 3.8) is 0 Å². The number of hydrogen-bond acceptors (Lipinski definition) is 6. The molecule has 0 aliphatic rings. The van der Waals surface area contributed by atoms with E-state index < -0.39 is 10.0 Å². The Kier molecular flexibility index (Phi) is 6.46. The molecular formula is C22H21N5O3S. The van der Waals surface area contributed by atoms with Gasteiger partial charge < -0.3 is 4.74 Å². The van der Waals surface area contributed by atoms with Crippen molar-refractivity contribution >= 4 is 10.0 Å². The largest absolute Gasteiger partial charge is 0.372 e. The topological polar surface area (TPSA) is 99.0 Å². The number of sulfonamides is 1. The normalized spacial score (nSPS) is 11.5. The maximum Gasteiger partial charge on any atom is 0.240 e. The number of hydrogen-bond donors (Lipinski definition) is 1. The maximum atomic E-state index is 12.8. The average Bonchev–Trinajstić information content (AvgIpc) is 3.34. The van der Waals surface area contributed by atoms with Gasteiger partial charge in [-0.05, 0) is 45.3 Å². The quantitative estimate of drug-likeness (QED) is 0.434. The van der Waals surface area contributed by atoms with E-state index in [2.05, 4.69) is 20.2 Å². The van der Waals surface area contributed by atoms with Gasteiger partial charge in [0.2, 0.25) is 10.0 Å². The fourth-order valence-electron chi connectivity index (χ4n) is 3.05. The summed E-state index contributed by atoms with van der Waals surface area (Å²) < 4.78 is 35.6. The molecule has 4 aromatic rings. The summed E-state index contributed by atoms with van der Waals surface area (Å²) in [6, 6.07) is 24.0. The van der Waals surface area contributed by atoms with E-state index in [-0.39, 0.29) is 11.4 Å². The molecule has 31 heavy (non-hydrogen) atoms. The van der Waals surface area contributed by atoms with Crippen LogP contribution in [-0.2, 0) is 34.5 Å². The van der Waals surface area contributed by atoms with Gasteiger partial charge in [0, 0.05) is 6.54 Å². The Labute approximate surface area is 180 Å². The molecule has 0 amide bonds. The molecule has 8 nitrogen and oxygen atoms in total. The van der Waals surface area contributed by atoms with E-state index in [4.69, 9.17) is 4.74 Å². The second-order valence-corrected chi connectivity index (χ2v) is 8.59. The van der Waals surface area contributed by atoms with Crippen LogP contribution in [0.5, 0.6) is 0 Å². The van der Waals surface area contributed by atoms with Gasteiger partial charge in [0.15, 0.2) is 0 Å². The first-order valence-electron chi connectivity index (χ1n) is 9.63.